The highest BCUT2D eigenvalue weighted by Crippen LogP contribution is 2.36. The van der Waals surface area contributed by atoms with Crippen LogP contribution in [0.3, 0.4) is 0 Å². The number of para-hydroxylation sites is 1. The number of sulfonamides is 1. The van der Waals surface area contributed by atoms with E-state index in [1.807, 2.05) is 42.5 Å². The molecule has 4 rings (SSSR count). The molecule has 2 aromatic rings. The summed E-state index contributed by atoms with van der Waals surface area (Å²) in [5, 5.41) is 0. The number of nitrogens with zero attached hydrogens (tertiary/aromatic N) is 2. The van der Waals surface area contributed by atoms with Crippen LogP contribution in [0.5, 0.6) is 11.5 Å². The van der Waals surface area contributed by atoms with E-state index in [9.17, 15) is 8.42 Å². The van der Waals surface area contributed by atoms with Crippen molar-refractivity contribution in [3.63, 3.8) is 0 Å². The van der Waals surface area contributed by atoms with Crippen molar-refractivity contribution in [2.75, 3.05) is 32.5 Å². The molecule has 0 amide bonds. The topological polar surface area (TPSA) is 59.1 Å². The third kappa shape index (κ3) is 5.21. The van der Waals surface area contributed by atoms with Crippen LogP contribution in [0.2, 0.25) is 0 Å². The average Bonchev–Trinajstić information content (AvgIpc) is 2.91. The Labute approximate surface area is 184 Å². The van der Waals surface area contributed by atoms with Crippen LogP contribution < -0.4 is 9.47 Å². The van der Waals surface area contributed by atoms with Gasteiger partial charge < -0.3 is 9.47 Å². The number of hydrogen-bond acceptors (Lipinski definition) is 5. The molecule has 0 unspecified atom stereocenters. The average molecular weight is 441 g/mol. The van der Waals surface area contributed by atoms with Gasteiger partial charge in [0, 0.05) is 44.6 Å². The van der Waals surface area contributed by atoms with Gasteiger partial charge in [-0.05, 0) is 23.8 Å². The van der Waals surface area contributed by atoms with Crippen molar-refractivity contribution in [3.05, 3.63) is 59.7 Å². The highest BCUT2D eigenvalue weighted by molar-refractivity contribution is 7.88. The number of likely N-dealkylation sites (tertiary alicyclic amines) is 1. The van der Waals surface area contributed by atoms with E-state index >= 15 is 0 Å². The second kappa shape index (κ2) is 8.91. The molecule has 0 atom stereocenters. The van der Waals surface area contributed by atoms with Crippen molar-refractivity contribution in [1.29, 1.82) is 0 Å². The summed E-state index contributed by atoms with van der Waals surface area (Å²) in [4.78, 5) is 2.37. The number of benzene rings is 2. The Morgan fingerprint density at radius 1 is 1.16 bits per heavy atom. The molecule has 6 nitrogen and oxygen atoms in total. The first-order valence-electron chi connectivity index (χ1n) is 10.5. The summed E-state index contributed by atoms with van der Waals surface area (Å²) in [7, 11) is -3.33. The second-order valence-electron chi connectivity index (χ2n) is 8.34. The number of piperidine rings is 1. The molecule has 0 aliphatic carbocycles. The standard InChI is InChI=1S/C24H28N2O4S/c1-3-15-29-22-9-6-7-20(16-22)17-25-13-11-24(12-14-25)19-26(31(2,27)28)18-21-8-4-5-10-23(21)30-24/h1,4-10,16H,11-15,17-19H2,2H3. The molecule has 2 aliphatic rings. The number of hydrogen-bond donors (Lipinski definition) is 0. The van der Waals surface area contributed by atoms with E-state index in [1.54, 1.807) is 4.31 Å². The highest BCUT2D eigenvalue weighted by Gasteiger charge is 2.42. The lowest BCUT2D eigenvalue weighted by Gasteiger charge is -2.42. The van der Waals surface area contributed by atoms with Gasteiger partial charge in [0.05, 0.1) is 12.8 Å². The van der Waals surface area contributed by atoms with Crippen LogP contribution in [-0.4, -0.2) is 55.7 Å². The molecule has 1 spiro atoms. The van der Waals surface area contributed by atoms with Crippen LogP contribution in [0.1, 0.15) is 24.0 Å². The highest BCUT2D eigenvalue weighted by atomic mass is 32.2. The lowest BCUT2D eigenvalue weighted by Crippen LogP contribution is -2.53. The molecule has 2 aliphatic heterocycles. The fourth-order valence-corrected chi connectivity index (χ4v) is 5.14. The number of fused-ring (bicyclic) bond motifs is 1. The molecule has 164 valence electrons. The summed E-state index contributed by atoms with van der Waals surface area (Å²) in [5.74, 6) is 4.05. The van der Waals surface area contributed by atoms with Gasteiger partial charge in [0.2, 0.25) is 10.0 Å². The minimum Gasteiger partial charge on any atom is -0.485 e. The molecule has 1 fully saturated rings. The maximum Gasteiger partial charge on any atom is 0.211 e. The Bertz CT molecular complexity index is 1070. The van der Waals surface area contributed by atoms with Gasteiger partial charge in [0.1, 0.15) is 23.7 Å². The van der Waals surface area contributed by atoms with Gasteiger partial charge >= 0.3 is 0 Å². The Kier molecular flexibility index (Phi) is 6.24. The molecule has 31 heavy (non-hydrogen) atoms. The monoisotopic (exact) mass is 440 g/mol. The van der Waals surface area contributed by atoms with Gasteiger partial charge in [-0.1, -0.05) is 36.3 Å². The van der Waals surface area contributed by atoms with Crippen LogP contribution in [0.25, 0.3) is 0 Å². The molecular formula is C24H28N2O4S. The van der Waals surface area contributed by atoms with E-state index in [0.29, 0.717) is 13.1 Å². The fourth-order valence-electron chi connectivity index (χ4n) is 4.30. The molecule has 0 saturated carbocycles. The smallest absolute Gasteiger partial charge is 0.211 e. The zero-order valence-corrected chi connectivity index (χ0v) is 18.6. The van der Waals surface area contributed by atoms with Gasteiger partial charge in [-0.25, -0.2) is 8.42 Å². The second-order valence-corrected chi connectivity index (χ2v) is 10.3. The molecule has 0 radical (unpaired) electrons. The summed E-state index contributed by atoms with van der Waals surface area (Å²) in [6, 6.07) is 15.7. The molecule has 2 heterocycles. The van der Waals surface area contributed by atoms with Crippen LogP contribution in [0.15, 0.2) is 48.5 Å². The predicted octanol–water partition coefficient (Wildman–Crippen LogP) is 2.89. The van der Waals surface area contributed by atoms with Crippen LogP contribution >= 0.6 is 0 Å². The van der Waals surface area contributed by atoms with Gasteiger partial charge in [-0.3, -0.25) is 4.90 Å². The summed E-state index contributed by atoms with van der Waals surface area (Å²) in [6.07, 6.45) is 8.08. The van der Waals surface area contributed by atoms with Crippen LogP contribution in [0, 0.1) is 12.3 Å². The zero-order chi connectivity index (χ0) is 21.9. The molecule has 0 bridgehead atoms. The summed E-state index contributed by atoms with van der Waals surface area (Å²) < 4.78 is 38.4. The van der Waals surface area contributed by atoms with Crippen molar-refractivity contribution in [2.24, 2.45) is 0 Å². The third-order valence-corrected chi connectivity index (χ3v) is 7.17. The van der Waals surface area contributed by atoms with Gasteiger partial charge in [0.25, 0.3) is 0 Å². The predicted molar refractivity (Wildman–Crippen MR) is 120 cm³/mol. The Morgan fingerprint density at radius 3 is 2.68 bits per heavy atom. The lowest BCUT2D eigenvalue weighted by atomic mass is 9.90. The first-order valence-corrected chi connectivity index (χ1v) is 12.3. The first-order chi connectivity index (χ1) is 14.9. The zero-order valence-electron chi connectivity index (χ0n) is 17.8. The molecule has 7 heteroatoms. The Hall–Kier alpha value is -2.53. The maximum absolute atomic E-state index is 12.4. The van der Waals surface area contributed by atoms with Gasteiger partial charge in [-0.2, -0.15) is 4.31 Å². The molecule has 0 aromatic heterocycles. The summed E-state index contributed by atoms with van der Waals surface area (Å²) >= 11 is 0. The fraction of sp³-hybridized carbons (Fsp3) is 0.417. The van der Waals surface area contributed by atoms with Crippen molar-refractivity contribution in [3.8, 4) is 23.8 Å². The van der Waals surface area contributed by atoms with Gasteiger partial charge in [-0.15, -0.1) is 6.42 Å². The summed E-state index contributed by atoms with van der Waals surface area (Å²) in [5.41, 5.74) is 1.57. The number of rotatable bonds is 5. The van der Waals surface area contributed by atoms with Gasteiger partial charge in [0.15, 0.2) is 0 Å². The van der Waals surface area contributed by atoms with Crippen molar-refractivity contribution < 1.29 is 17.9 Å². The molecule has 0 N–H and O–H groups in total. The quantitative estimate of drug-likeness (QED) is 0.669. The van der Waals surface area contributed by atoms with E-state index < -0.39 is 15.6 Å². The van der Waals surface area contributed by atoms with Crippen LogP contribution in [0.4, 0.5) is 0 Å². The summed E-state index contributed by atoms with van der Waals surface area (Å²) in [6.45, 7) is 3.44. The van der Waals surface area contributed by atoms with E-state index in [2.05, 4.69) is 16.9 Å². The normalized spacial score (nSPS) is 19.1. The molecule has 2 aromatic carbocycles. The van der Waals surface area contributed by atoms with E-state index in [-0.39, 0.29) is 6.61 Å². The SMILES string of the molecule is C#CCOc1cccc(CN2CCC3(CC2)CN(S(C)(=O)=O)Cc2ccccc2O3)c1. The van der Waals surface area contributed by atoms with E-state index in [0.717, 1.165) is 55.1 Å². The Morgan fingerprint density at radius 2 is 1.94 bits per heavy atom. The minimum atomic E-state index is -3.33. The minimum absolute atomic E-state index is 0.255. The largest absolute Gasteiger partial charge is 0.485 e. The van der Waals surface area contributed by atoms with Crippen molar-refractivity contribution in [1.82, 2.24) is 9.21 Å². The number of terminal acetylenes is 1. The number of ether oxygens (including phenoxy) is 2. The lowest BCUT2D eigenvalue weighted by molar-refractivity contribution is -0.00745. The van der Waals surface area contributed by atoms with E-state index in [4.69, 9.17) is 15.9 Å². The van der Waals surface area contributed by atoms with E-state index in [1.165, 1.54) is 6.26 Å². The van der Waals surface area contributed by atoms with Crippen LogP contribution in [-0.2, 0) is 23.1 Å². The Balaban J connectivity index is 1.47. The molecule has 1 saturated heterocycles. The third-order valence-electron chi connectivity index (χ3n) is 5.97. The van der Waals surface area contributed by atoms with Crippen molar-refractivity contribution in [2.45, 2.75) is 31.5 Å². The first kappa shape index (κ1) is 21.7. The molecular weight excluding hydrogens is 412 g/mol. The van der Waals surface area contributed by atoms with Crippen molar-refractivity contribution >= 4 is 10.0 Å². The maximum atomic E-state index is 12.4.